The summed E-state index contributed by atoms with van der Waals surface area (Å²) in [6.45, 7) is 0. The van der Waals surface area contributed by atoms with Crippen molar-refractivity contribution in [2.24, 2.45) is 0 Å². The van der Waals surface area contributed by atoms with Crippen LogP contribution in [0.2, 0.25) is 0 Å². The Bertz CT molecular complexity index is 279. The van der Waals surface area contributed by atoms with E-state index in [1.807, 2.05) is 0 Å². The molecule has 6 heteroatoms. The largest absolute Gasteiger partial charge is 0.462 e. The van der Waals surface area contributed by atoms with Gasteiger partial charge in [0.1, 0.15) is 18.1 Å². The topological polar surface area (TPSA) is 52.6 Å². The van der Waals surface area contributed by atoms with Crippen LogP contribution in [0.3, 0.4) is 0 Å². The molecule has 1 unspecified atom stereocenters. The molecule has 0 spiro atoms. The van der Waals surface area contributed by atoms with E-state index in [2.05, 4.69) is 22.6 Å². The van der Waals surface area contributed by atoms with Crippen molar-refractivity contribution < 1.29 is 19.1 Å². The van der Waals surface area contributed by atoms with Gasteiger partial charge in [-0.1, -0.05) is 29.0 Å². The lowest BCUT2D eigenvalue weighted by molar-refractivity contribution is -0.156. The third kappa shape index (κ3) is 6.22. The summed E-state index contributed by atoms with van der Waals surface area (Å²) < 4.78 is 11.0. The van der Waals surface area contributed by atoms with Crippen molar-refractivity contribution in [2.45, 2.75) is 50.7 Å². The molecule has 0 bridgehead atoms. The van der Waals surface area contributed by atoms with Gasteiger partial charge in [-0.3, -0.25) is 9.59 Å². The van der Waals surface area contributed by atoms with E-state index in [-0.39, 0.29) is 24.4 Å². The first-order chi connectivity index (χ1) is 8.65. The molecule has 0 aromatic carbocycles. The minimum Gasteiger partial charge on any atom is -0.462 e. The number of alkyl halides is 2. The van der Waals surface area contributed by atoms with E-state index in [4.69, 9.17) is 21.1 Å². The molecule has 1 fully saturated rings. The molecule has 1 saturated carbocycles. The monoisotopic (exact) mass is 388 g/mol. The predicted molar refractivity (Wildman–Crippen MR) is 77.1 cm³/mol. The van der Waals surface area contributed by atoms with E-state index in [1.165, 1.54) is 6.42 Å². The number of esters is 2. The standard InChI is InChI=1S/C12H18ClIO4/c13-7-12(16)18-10(8-14)6-11(15)17-9-4-2-1-3-5-9/h9-10H,1-8H2. The van der Waals surface area contributed by atoms with Gasteiger partial charge in [-0.05, 0) is 25.7 Å². The van der Waals surface area contributed by atoms with Gasteiger partial charge in [0.05, 0.1) is 6.42 Å². The number of rotatable bonds is 6. The summed E-state index contributed by atoms with van der Waals surface area (Å²) in [5.74, 6) is -0.972. The van der Waals surface area contributed by atoms with E-state index >= 15 is 0 Å². The second kappa shape index (κ2) is 8.96. The predicted octanol–water partition coefficient (Wildman–Crippen LogP) is 2.84. The van der Waals surface area contributed by atoms with Crippen LogP contribution in [0.25, 0.3) is 0 Å². The summed E-state index contributed by atoms with van der Waals surface area (Å²) >= 11 is 7.43. The molecule has 18 heavy (non-hydrogen) atoms. The Morgan fingerprint density at radius 2 is 1.89 bits per heavy atom. The number of hydrogen-bond acceptors (Lipinski definition) is 4. The van der Waals surface area contributed by atoms with Gasteiger partial charge in [-0.2, -0.15) is 0 Å². The highest BCUT2D eigenvalue weighted by Gasteiger charge is 2.22. The van der Waals surface area contributed by atoms with Crippen molar-refractivity contribution in [1.29, 1.82) is 0 Å². The molecule has 0 radical (unpaired) electrons. The van der Waals surface area contributed by atoms with Crippen LogP contribution in [0, 0.1) is 0 Å². The van der Waals surface area contributed by atoms with Crippen LogP contribution in [0.5, 0.6) is 0 Å². The van der Waals surface area contributed by atoms with Crippen LogP contribution >= 0.6 is 34.2 Å². The number of hydrogen-bond donors (Lipinski definition) is 0. The van der Waals surface area contributed by atoms with Crippen molar-refractivity contribution in [3.05, 3.63) is 0 Å². The van der Waals surface area contributed by atoms with Gasteiger partial charge in [0, 0.05) is 4.43 Å². The van der Waals surface area contributed by atoms with Crippen molar-refractivity contribution in [3.8, 4) is 0 Å². The smallest absolute Gasteiger partial charge is 0.321 e. The maximum Gasteiger partial charge on any atom is 0.321 e. The van der Waals surface area contributed by atoms with E-state index in [0.29, 0.717) is 4.43 Å². The second-order valence-electron chi connectivity index (χ2n) is 4.35. The van der Waals surface area contributed by atoms with Gasteiger partial charge in [0.15, 0.2) is 0 Å². The van der Waals surface area contributed by atoms with Crippen molar-refractivity contribution in [3.63, 3.8) is 0 Å². The fourth-order valence-electron chi connectivity index (χ4n) is 1.95. The Morgan fingerprint density at radius 3 is 2.44 bits per heavy atom. The minimum absolute atomic E-state index is 0.0461. The highest BCUT2D eigenvalue weighted by Crippen LogP contribution is 2.21. The summed E-state index contributed by atoms with van der Waals surface area (Å²) in [6, 6.07) is 0. The fraction of sp³-hybridized carbons (Fsp3) is 0.833. The average Bonchev–Trinajstić information content (AvgIpc) is 2.38. The quantitative estimate of drug-likeness (QED) is 0.399. The van der Waals surface area contributed by atoms with Crippen LogP contribution in [0.15, 0.2) is 0 Å². The van der Waals surface area contributed by atoms with Crippen LogP contribution < -0.4 is 0 Å². The first-order valence-corrected chi connectivity index (χ1v) is 8.22. The van der Waals surface area contributed by atoms with E-state index in [0.717, 1.165) is 25.7 Å². The lowest BCUT2D eigenvalue weighted by Crippen LogP contribution is -2.27. The molecule has 1 aliphatic rings. The zero-order valence-corrected chi connectivity index (χ0v) is 13.1. The highest BCUT2D eigenvalue weighted by atomic mass is 127. The van der Waals surface area contributed by atoms with Gasteiger partial charge in [-0.25, -0.2) is 0 Å². The Morgan fingerprint density at radius 1 is 1.22 bits per heavy atom. The summed E-state index contributed by atoms with van der Waals surface area (Å²) in [6.07, 6.45) is 5.08. The third-order valence-corrected chi connectivity index (χ3v) is 4.02. The minimum atomic E-state index is -0.496. The van der Waals surface area contributed by atoms with Gasteiger partial charge in [0.2, 0.25) is 0 Å². The molecule has 1 aliphatic carbocycles. The third-order valence-electron chi connectivity index (χ3n) is 2.82. The molecule has 0 N–H and O–H groups in total. The van der Waals surface area contributed by atoms with Crippen molar-refractivity contribution in [2.75, 3.05) is 10.3 Å². The van der Waals surface area contributed by atoms with Crippen LogP contribution in [-0.2, 0) is 19.1 Å². The van der Waals surface area contributed by atoms with E-state index in [9.17, 15) is 9.59 Å². The molecule has 104 valence electrons. The van der Waals surface area contributed by atoms with E-state index < -0.39 is 12.1 Å². The lowest BCUT2D eigenvalue weighted by Gasteiger charge is -2.23. The molecule has 0 aliphatic heterocycles. The molecule has 0 saturated heterocycles. The molecular formula is C12H18ClIO4. The molecule has 1 rings (SSSR count). The number of halogens is 2. The summed E-state index contributed by atoms with van der Waals surface area (Å²) in [4.78, 5) is 22.7. The zero-order chi connectivity index (χ0) is 13.4. The Labute approximate surface area is 126 Å². The normalized spacial score (nSPS) is 18.1. The van der Waals surface area contributed by atoms with Crippen molar-refractivity contribution in [1.82, 2.24) is 0 Å². The Balaban J connectivity index is 2.29. The maximum absolute atomic E-state index is 11.7. The van der Waals surface area contributed by atoms with Gasteiger partial charge < -0.3 is 9.47 Å². The Hall–Kier alpha value is -0.0400. The second-order valence-corrected chi connectivity index (χ2v) is 5.50. The molecule has 1 atom stereocenters. The van der Waals surface area contributed by atoms with Gasteiger partial charge in [-0.15, -0.1) is 11.6 Å². The number of carbonyl (C=O) groups excluding carboxylic acids is 2. The molecule has 0 aromatic heterocycles. The summed E-state index contributed by atoms with van der Waals surface area (Å²) in [5, 5.41) is 0. The molecule has 0 heterocycles. The maximum atomic E-state index is 11.7. The van der Waals surface area contributed by atoms with E-state index in [1.54, 1.807) is 0 Å². The fourth-order valence-corrected chi connectivity index (χ4v) is 2.50. The molecular weight excluding hydrogens is 370 g/mol. The average molecular weight is 389 g/mol. The molecule has 4 nitrogen and oxygen atoms in total. The lowest BCUT2D eigenvalue weighted by atomic mass is 9.98. The molecule has 0 aromatic rings. The first kappa shape index (κ1) is 16.0. The zero-order valence-electron chi connectivity index (χ0n) is 10.2. The summed E-state index contributed by atoms with van der Waals surface area (Å²) in [7, 11) is 0. The first-order valence-electron chi connectivity index (χ1n) is 6.16. The Kier molecular flexibility index (Phi) is 7.97. The van der Waals surface area contributed by atoms with Crippen LogP contribution in [0.1, 0.15) is 38.5 Å². The van der Waals surface area contributed by atoms with Gasteiger partial charge >= 0.3 is 11.9 Å². The molecule has 0 amide bonds. The summed E-state index contributed by atoms with van der Waals surface area (Å²) in [5.41, 5.74) is 0. The highest BCUT2D eigenvalue weighted by molar-refractivity contribution is 14.1. The van der Waals surface area contributed by atoms with Gasteiger partial charge in [0.25, 0.3) is 0 Å². The van der Waals surface area contributed by atoms with Crippen LogP contribution in [0.4, 0.5) is 0 Å². The number of ether oxygens (including phenoxy) is 2. The SMILES string of the molecule is O=C(CC(CI)OC(=O)CCl)OC1CCCCC1. The van der Waals surface area contributed by atoms with Crippen LogP contribution in [-0.4, -0.2) is 34.5 Å². The van der Waals surface area contributed by atoms with Crippen molar-refractivity contribution >= 4 is 46.1 Å². The number of carbonyl (C=O) groups is 2.